The van der Waals surface area contributed by atoms with Crippen LogP contribution in [0.5, 0.6) is 0 Å². The van der Waals surface area contributed by atoms with Crippen molar-refractivity contribution in [3.05, 3.63) is 24.3 Å². The van der Waals surface area contributed by atoms with E-state index in [-0.39, 0.29) is 17.7 Å². The quantitative estimate of drug-likeness (QED) is 0.790. The van der Waals surface area contributed by atoms with Gasteiger partial charge < -0.3 is 9.80 Å². The average Bonchev–Trinajstić information content (AvgIpc) is 2.47. The van der Waals surface area contributed by atoms with Gasteiger partial charge in [-0.05, 0) is 19.3 Å². The smallest absolute Gasteiger partial charge is 0.274 e. The Kier molecular flexibility index (Phi) is 3.62. The van der Waals surface area contributed by atoms with Crippen LogP contribution in [0.2, 0.25) is 0 Å². The fourth-order valence-corrected chi connectivity index (χ4v) is 2.74. The van der Waals surface area contributed by atoms with E-state index in [0.29, 0.717) is 18.8 Å². The summed E-state index contributed by atoms with van der Waals surface area (Å²) in [5.74, 6) is 0.0300. The van der Waals surface area contributed by atoms with Gasteiger partial charge in [-0.15, -0.1) is 0 Å². The van der Waals surface area contributed by atoms with Gasteiger partial charge in [0.05, 0.1) is 12.1 Å². The van der Waals surface area contributed by atoms with Gasteiger partial charge in [-0.25, -0.2) is 4.98 Å². The minimum Gasteiger partial charge on any atom is -0.342 e. The molecule has 2 aliphatic heterocycles. The first kappa shape index (κ1) is 13.0. The zero-order valence-electron chi connectivity index (χ0n) is 11.4. The van der Waals surface area contributed by atoms with Crippen molar-refractivity contribution in [2.75, 3.05) is 26.2 Å². The highest BCUT2D eigenvalue weighted by Crippen LogP contribution is 2.22. The summed E-state index contributed by atoms with van der Waals surface area (Å²) in [4.78, 5) is 35.8. The minimum atomic E-state index is -0.138. The lowest BCUT2D eigenvalue weighted by molar-refractivity contribution is -0.140. The van der Waals surface area contributed by atoms with Gasteiger partial charge in [0.2, 0.25) is 5.91 Å². The second kappa shape index (κ2) is 5.56. The highest BCUT2D eigenvalue weighted by Gasteiger charge is 2.38. The molecule has 2 aliphatic rings. The topological polar surface area (TPSA) is 66.4 Å². The molecule has 0 aromatic carbocycles. The second-order valence-corrected chi connectivity index (χ2v) is 5.38. The summed E-state index contributed by atoms with van der Waals surface area (Å²) >= 11 is 0. The van der Waals surface area contributed by atoms with E-state index in [4.69, 9.17) is 0 Å². The van der Waals surface area contributed by atoms with E-state index in [1.807, 2.05) is 4.90 Å². The van der Waals surface area contributed by atoms with Crippen molar-refractivity contribution in [2.45, 2.75) is 19.3 Å². The van der Waals surface area contributed by atoms with Gasteiger partial charge in [-0.3, -0.25) is 14.6 Å². The third-order valence-electron chi connectivity index (χ3n) is 3.97. The molecule has 106 valence electrons. The molecule has 3 rings (SSSR count). The molecule has 0 radical (unpaired) electrons. The van der Waals surface area contributed by atoms with Crippen LogP contribution in [-0.4, -0.2) is 57.8 Å². The maximum absolute atomic E-state index is 12.2. The molecule has 0 aliphatic carbocycles. The molecule has 6 nitrogen and oxygen atoms in total. The van der Waals surface area contributed by atoms with E-state index in [1.54, 1.807) is 4.90 Å². The lowest BCUT2D eigenvalue weighted by atomic mass is 9.96. The molecular formula is C14H18N4O2. The minimum absolute atomic E-state index is 0.0336. The number of hydrogen-bond acceptors (Lipinski definition) is 4. The summed E-state index contributed by atoms with van der Waals surface area (Å²) in [6.45, 7) is 2.75. The molecule has 0 bridgehead atoms. The Balaban J connectivity index is 1.53. The van der Waals surface area contributed by atoms with Crippen molar-refractivity contribution < 1.29 is 9.59 Å². The fraction of sp³-hybridized carbons (Fsp3) is 0.571. The molecule has 1 aromatic rings. The molecule has 0 unspecified atom stereocenters. The molecule has 3 heterocycles. The SMILES string of the molecule is O=C(c1cnccn1)N1CC(C(=O)N2CCCCC2)C1. The molecule has 2 fully saturated rings. The van der Waals surface area contributed by atoms with Gasteiger partial charge in [0, 0.05) is 38.6 Å². The molecule has 0 spiro atoms. The van der Waals surface area contributed by atoms with Crippen LogP contribution in [0.4, 0.5) is 0 Å². The number of aromatic nitrogens is 2. The number of carbonyl (C=O) groups is 2. The van der Waals surface area contributed by atoms with Crippen molar-refractivity contribution in [1.82, 2.24) is 19.8 Å². The van der Waals surface area contributed by atoms with E-state index >= 15 is 0 Å². The van der Waals surface area contributed by atoms with Gasteiger partial charge in [-0.2, -0.15) is 0 Å². The average molecular weight is 274 g/mol. The number of nitrogens with zero attached hydrogens (tertiary/aromatic N) is 4. The Hall–Kier alpha value is -1.98. The molecule has 6 heteroatoms. The van der Waals surface area contributed by atoms with Crippen LogP contribution < -0.4 is 0 Å². The third-order valence-corrected chi connectivity index (χ3v) is 3.97. The van der Waals surface area contributed by atoms with Gasteiger partial charge >= 0.3 is 0 Å². The van der Waals surface area contributed by atoms with Gasteiger partial charge in [0.25, 0.3) is 5.91 Å². The van der Waals surface area contributed by atoms with Crippen LogP contribution >= 0.6 is 0 Å². The first-order valence-electron chi connectivity index (χ1n) is 7.10. The number of carbonyl (C=O) groups excluding carboxylic acids is 2. The molecule has 2 amide bonds. The van der Waals surface area contributed by atoms with Gasteiger partial charge in [-0.1, -0.05) is 0 Å². The molecular weight excluding hydrogens is 256 g/mol. The van der Waals surface area contributed by atoms with E-state index < -0.39 is 0 Å². The molecule has 0 N–H and O–H groups in total. The second-order valence-electron chi connectivity index (χ2n) is 5.38. The van der Waals surface area contributed by atoms with E-state index in [0.717, 1.165) is 25.9 Å². The van der Waals surface area contributed by atoms with E-state index in [2.05, 4.69) is 9.97 Å². The number of rotatable bonds is 2. The monoisotopic (exact) mass is 274 g/mol. The number of amides is 2. The molecule has 2 saturated heterocycles. The summed E-state index contributed by atoms with van der Waals surface area (Å²) in [5.41, 5.74) is 0.344. The predicted molar refractivity (Wildman–Crippen MR) is 71.9 cm³/mol. The Morgan fingerprint density at radius 2 is 1.80 bits per heavy atom. The normalized spacial score (nSPS) is 19.6. The van der Waals surface area contributed by atoms with Crippen molar-refractivity contribution in [3.8, 4) is 0 Å². The van der Waals surface area contributed by atoms with Crippen LogP contribution in [0.15, 0.2) is 18.6 Å². The molecule has 0 atom stereocenters. The first-order chi connectivity index (χ1) is 9.75. The van der Waals surface area contributed by atoms with Crippen LogP contribution in [0.1, 0.15) is 29.8 Å². The highest BCUT2D eigenvalue weighted by molar-refractivity contribution is 5.94. The number of piperidine rings is 1. The standard InChI is InChI=1S/C14H18N4O2/c19-13(17-6-2-1-3-7-17)11-9-18(10-11)14(20)12-8-15-4-5-16-12/h4-5,8,11H,1-3,6-7,9-10H2. The van der Waals surface area contributed by atoms with Crippen LogP contribution in [0.3, 0.4) is 0 Å². The zero-order chi connectivity index (χ0) is 13.9. The van der Waals surface area contributed by atoms with Crippen LogP contribution in [0, 0.1) is 5.92 Å². The Morgan fingerprint density at radius 1 is 1.05 bits per heavy atom. The lowest BCUT2D eigenvalue weighted by Gasteiger charge is -2.41. The summed E-state index contributed by atoms with van der Waals surface area (Å²) in [6.07, 6.45) is 7.91. The maximum Gasteiger partial charge on any atom is 0.274 e. The van der Waals surface area contributed by atoms with Crippen molar-refractivity contribution in [3.63, 3.8) is 0 Å². The van der Waals surface area contributed by atoms with E-state index in [1.165, 1.54) is 25.0 Å². The third kappa shape index (κ3) is 2.50. The van der Waals surface area contributed by atoms with Gasteiger partial charge in [0.15, 0.2) is 0 Å². The molecule has 1 aromatic heterocycles. The number of hydrogen-bond donors (Lipinski definition) is 0. The maximum atomic E-state index is 12.2. The summed E-state index contributed by atoms with van der Waals surface area (Å²) in [5, 5.41) is 0. The highest BCUT2D eigenvalue weighted by atomic mass is 16.2. The summed E-state index contributed by atoms with van der Waals surface area (Å²) in [7, 11) is 0. The van der Waals surface area contributed by atoms with Crippen LogP contribution in [0.25, 0.3) is 0 Å². The lowest BCUT2D eigenvalue weighted by Crippen LogP contribution is -2.57. The Bertz CT molecular complexity index is 493. The Morgan fingerprint density at radius 3 is 2.45 bits per heavy atom. The zero-order valence-corrected chi connectivity index (χ0v) is 11.4. The van der Waals surface area contributed by atoms with Gasteiger partial charge in [0.1, 0.15) is 5.69 Å². The van der Waals surface area contributed by atoms with Crippen LogP contribution in [-0.2, 0) is 4.79 Å². The fourth-order valence-electron chi connectivity index (χ4n) is 2.74. The molecule has 20 heavy (non-hydrogen) atoms. The largest absolute Gasteiger partial charge is 0.342 e. The summed E-state index contributed by atoms with van der Waals surface area (Å²) < 4.78 is 0. The van der Waals surface area contributed by atoms with Crippen molar-refractivity contribution in [2.24, 2.45) is 5.92 Å². The summed E-state index contributed by atoms with van der Waals surface area (Å²) in [6, 6.07) is 0. The predicted octanol–water partition coefficient (Wildman–Crippen LogP) is 0.561. The molecule has 0 saturated carbocycles. The number of likely N-dealkylation sites (tertiary alicyclic amines) is 2. The van der Waals surface area contributed by atoms with E-state index in [9.17, 15) is 9.59 Å². The van der Waals surface area contributed by atoms with Crippen molar-refractivity contribution in [1.29, 1.82) is 0 Å². The first-order valence-corrected chi connectivity index (χ1v) is 7.10. The van der Waals surface area contributed by atoms with Crippen molar-refractivity contribution >= 4 is 11.8 Å². The Labute approximate surface area is 117 Å².